The highest BCUT2D eigenvalue weighted by Crippen LogP contribution is 2.20. The smallest absolute Gasteiger partial charge is 0.321 e. The van der Waals surface area contributed by atoms with Crippen LogP contribution in [-0.2, 0) is 0 Å². The Bertz CT molecular complexity index is 424. The lowest BCUT2D eigenvalue weighted by Crippen LogP contribution is -2.32. The summed E-state index contributed by atoms with van der Waals surface area (Å²) in [6.45, 7) is 2.80. The van der Waals surface area contributed by atoms with Gasteiger partial charge in [-0.1, -0.05) is 17.7 Å². The summed E-state index contributed by atoms with van der Waals surface area (Å²) in [5, 5.41) is 12.1. The third-order valence-electron chi connectivity index (χ3n) is 2.92. The highest BCUT2D eigenvalue weighted by molar-refractivity contribution is 6.31. The summed E-state index contributed by atoms with van der Waals surface area (Å²) in [4.78, 5) is 13.5. The molecule has 0 aliphatic rings. The van der Waals surface area contributed by atoms with Crippen LogP contribution in [0.1, 0.15) is 24.8 Å². The molecule has 4 nitrogen and oxygen atoms in total. The molecular formula is C14H21ClN2O2. The summed E-state index contributed by atoms with van der Waals surface area (Å²) in [7, 11) is 1.75. The molecule has 0 saturated carbocycles. The van der Waals surface area contributed by atoms with Gasteiger partial charge in [0.05, 0.1) is 0 Å². The van der Waals surface area contributed by atoms with Crippen molar-refractivity contribution in [2.45, 2.75) is 26.2 Å². The number of hydrogen-bond acceptors (Lipinski definition) is 2. The molecule has 1 aromatic rings. The van der Waals surface area contributed by atoms with Crippen molar-refractivity contribution in [3.63, 3.8) is 0 Å². The molecule has 2 amide bonds. The van der Waals surface area contributed by atoms with Crippen molar-refractivity contribution in [3.05, 3.63) is 28.8 Å². The molecule has 0 fully saturated rings. The van der Waals surface area contributed by atoms with Gasteiger partial charge in [0, 0.05) is 30.9 Å². The van der Waals surface area contributed by atoms with Crippen LogP contribution < -0.4 is 5.32 Å². The molecule has 0 bridgehead atoms. The maximum atomic E-state index is 11.9. The van der Waals surface area contributed by atoms with Crippen molar-refractivity contribution in [2.24, 2.45) is 0 Å². The molecule has 5 heteroatoms. The number of anilines is 1. The molecular weight excluding hydrogens is 264 g/mol. The Balaban J connectivity index is 2.42. The van der Waals surface area contributed by atoms with Crippen LogP contribution in [0.25, 0.3) is 0 Å². The predicted molar refractivity (Wildman–Crippen MR) is 78.8 cm³/mol. The third kappa shape index (κ3) is 5.49. The van der Waals surface area contributed by atoms with E-state index in [4.69, 9.17) is 16.7 Å². The van der Waals surface area contributed by atoms with E-state index >= 15 is 0 Å². The molecule has 1 aromatic carbocycles. The molecule has 0 atom stereocenters. The van der Waals surface area contributed by atoms with Crippen molar-refractivity contribution in [1.82, 2.24) is 4.90 Å². The lowest BCUT2D eigenvalue weighted by atomic mass is 10.2. The molecule has 0 aliphatic carbocycles. The number of carbonyl (C=O) groups is 1. The molecule has 0 radical (unpaired) electrons. The number of aliphatic hydroxyl groups excluding tert-OH is 1. The van der Waals surface area contributed by atoms with Crippen LogP contribution in [0.15, 0.2) is 18.2 Å². The van der Waals surface area contributed by atoms with Crippen LogP contribution in [0, 0.1) is 6.92 Å². The molecule has 0 heterocycles. The second-order valence-corrected chi connectivity index (χ2v) is 5.01. The van der Waals surface area contributed by atoms with E-state index in [1.54, 1.807) is 18.0 Å². The molecule has 0 aliphatic heterocycles. The van der Waals surface area contributed by atoms with Crippen LogP contribution in [0.5, 0.6) is 0 Å². The zero-order valence-electron chi connectivity index (χ0n) is 11.4. The molecule has 0 saturated heterocycles. The maximum absolute atomic E-state index is 11.9. The topological polar surface area (TPSA) is 52.6 Å². The lowest BCUT2D eigenvalue weighted by molar-refractivity contribution is 0.220. The Morgan fingerprint density at radius 1 is 1.37 bits per heavy atom. The number of hydrogen-bond donors (Lipinski definition) is 2. The minimum absolute atomic E-state index is 0.149. The fourth-order valence-electron chi connectivity index (χ4n) is 1.63. The molecule has 2 N–H and O–H groups in total. The molecule has 19 heavy (non-hydrogen) atoms. The van der Waals surface area contributed by atoms with Crippen molar-refractivity contribution in [1.29, 1.82) is 0 Å². The fourth-order valence-corrected chi connectivity index (χ4v) is 1.81. The monoisotopic (exact) mass is 284 g/mol. The van der Waals surface area contributed by atoms with E-state index in [0.29, 0.717) is 17.3 Å². The van der Waals surface area contributed by atoms with Crippen molar-refractivity contribution in [3.8, 4) is 0 Å². The second-order valence-electron chi connectivity index (χ2n) is 4.60. The SMILES string of the molecule is Cc1ccc(NC(=O)N(C)CCCCCO)cc1Cl. The third-order valence-corrected chi connectivity index (χ3v) is 3.33. The highest BCUT2D eigenvalue weighted by Gasteiger charge is 2.08. The van der Waals surface area contributed by atoms with Crippen molar-refractivity contribution >= 4 is 23.3 Å². The van der Waals surface area contributed by atoms with Crippen LogP contribution >= 0.6 is 11.6 Å². The Morgan fingerprint density at radius 3 is 2.74 bits per heavy atom. The standard InChI is InChI=1S/C14H21ClN2O2/c1-11-6-7-12(10-13(11)15)16-14(19)17(2)8-4-3-5-9-18/h6-7,10,18H,3-5,8-9H2,1-2H3,(H,16,19). The summed E-state index contributed by atoms with van der Waals surface area (Å²) in [6.07, 6.45) is 2.59. The lowest BCUT2D eigenvalue weighted by Gasteiger charge is -2.18. The quantitative estimate of drug-likeness (QED) is 0.788. The van der Waals surface area contributed by atoms with E-state index in [2.05, 4.69) is 5.32 Å². The first-order valence-corrected chi connectivity index (χ1v) is 6.81. The summed E-state index contributed by atoms with van der Waals surface area (Å²) < 4.78 is 0. The van der Waals surface area contributed by atoms with Gasteiger partial charge in [0.1, 0.15) is 0 Å². The number of aliphatic hydroxyl groups is 1. The van der Waals surface area contributed by atoms with E-state index in [9.17, 15) is 4.79 Å². The van der Waals surface area contributed by atoms with E-state index in [1.807, 2.05) is 19.1 Å². The number of aryl methyl sites for hydroxylation is 1. The van der Waals surface area contributed by atoms with Gasteiger partial charge in [0.15, 0.2) is 0 Å². The summed E-state index contributed by atoms with van der Waals surface area (Å²) in [6, 6.07) is 5.30. The maximum Gasteiger partial charge on any atom is 0.321 e. The average Bonchev–Trinajstić information content (AvgIpc) is 2.38. The van der Waals surface area contributed by atoms with Gasteiger partial charge in [0.25, 0.3) is 0 Å². The van der Waals surface area contributed by atoms with Gasteiger partial charge in [-0.05, 0) is 43.9 Å². The highest BCUT2D eigenvalue weighted by atomic mass is 35.5. The van der Waals surface area contributed by atoms with Gasteiger partial charge in [0.2, 0.25) is 0 Å². The first-order valence-electron chi connectivity index (χ1n) is 6.43. The van der Waals surface area contributed by atoms with Crippen molar-refractivity contribution in [2.75, 3.05) is 25.5 Å². The Kier molecular flexibility index (Phi) is 6.67. The van der Waals surface area contributed by atoms with E-state index in [0.717, 1.165) is 24.8 Å². The Hall–Kier alpha value is -1.26. The minimum atomic E-state index is -0.149. The zero-order valence-corrected chi connectivity index (χ0v) is 12.2. The van der Waals surface area contributed by atoms with Crippen molar-refractivity contribution < 1.29 is 9.90 Å². The summed E-state index contributed by atoms with van der Waals surface area (Å²) >= 11 is 6.01. The van der Waals surface area contributed by atoms with Gasteiger partial charge >= 0.3 is 6.03 Å². The fraction of sp³-hybridized carbons (Fsp3) is 0.500. The minimum Gasteiger partial charge on any atom is -0.396 e. The van der Waals surface area contributed by atoms with E-state index in [-0.39, 0.29) is 12.6 Å². The number of urea groups is 1. The number of benzene rings is 1. The first-order chi connectivity index (χ1) is 9.04. The largest absolute Gasteiger partial charge is 0.396 e. The zero-order chi connectivity index (χ0) is 14.3. The van der Waals surface area contributed by atoms with E-state index in [1.165, 1.54) is 0 Å². The number of unbranched alkanes of at least 4 members (excludes halogenated alkanes) is 2. The van der Waals surface area contributed by atoms with Crippen LogP contribution in [0.3, 0.4) is 0 Å². The Labute approximate surface area is 119 Å². The normalized spacial score (nSPS) is 10.3. The van der Waals surface area contributed by atoms with Crippen LogP contribution in [0.2, 0.25) is 5.02 Å². The summed E-state index contributed by atoms with van der Waals surface area (Å²) in [5.41, 5.74) is 1.68. The number of nitrogens with zero attached hydrogens (tertiary/aromatic N) is 1. The molecule has 0 unspecified atom stereocenters. The van der Waals surface area contributed by atoms with E-state index < -0.39 is 0 Å². The molecule has 0 aromatic heterocycles. The molecule has 106 valence electrons. The van der Waals surface area contributed by atoms with Gasteiger partial charge in [-0.15, -0.1) is 0 Å². The molecule has 1 rings (SSSR count). The van der Waals surface area contributed by atoms with Gasteiger partial charge < -0.3 is 15.3 Å². The second kappa shape index (κ2) is 8.02. The number of rotatable bonds is 6. The molecule has 0 spiro atoms. The summed E-state index contributed by atoms with van der Waals surface area (Å²) in [5.74, 6) is 0. The number of halogens is 1. The van der Waals surface area contributed by atoms with Gasteiger partial charge in [-0.25, -0.2) is 4.79 Å². The predicted octanol–water partition coefficient (Wildman–Crippen LogP) is 3.27. The van der Waals surface area contributed by atoms with Crippen LogP contribution in [0.4, 0.5) is 10.5 Å². The van der Waals surface area contributed by atoms with Gasteiger partial charge in [-0.3, -0.25) is 0 Å². The number of nitrogens with one attached hydrogen (secondary N) is 1. The number of amides is 2. The van der Waals surface area contributed by atoms with Gasteiger partial charge in [-0.2, -0.15) is 0 Å². The average molecular weight is 285 g/mol. The number of carbonyl (C=O) groups excluding carboxylic acids is 1. The Morgan fingerprint density at radius 2 is 2.11 bits per heavy atom. The first kappa shape index (κ1) is 15.8. The van der Waals surface area contributed by atoms with Crippen LogP contribution in [-0.4, -0.2) is 36.2 Å².